The Morgan fingerprint density at radius 1 is 1.00 bits per heavy atom. The van der Waals surface area contributed by atoms with E-state index in [0.717, 1.165) is 12.8 Å². The second-order valence-electron chi connectivity index (χ2n) is 6.14. The van der Waals surface area contributed by atoms with Crippen LogP contribution in [-0.2, 0) is 9.47 Å². The van der Waals surface area contributed by atoms with Gasteiger partial charge in [0.2, 0.25) is 0 Å². The zero-order chi connectivity index (χ0) is 12.6. The summed E-state index contributed by atoms with van der Waals surface area (Å²) in [6.07, 6.45) is 2.82. The van der Waals surface area contributed by atoms with Gasteiger partial charge in [0.05, 0.1) is 13.2 Å². The van der Waals surface area contributed by atoms with Crippen LogP contribution in [0.2, 0.25) is 19.6 Å². The third-order valence-electron chi connectivity index (χ3n) is 3.32. The highest BCUT2D eigenvalue weighted by molar-refractivity contribution is 6.83. The van der Waals surface area contributed by atoms with Crippen LogP contribution in [0.3, 0.4) is 0 Å². The molecule has 1 saturated carbocycles. The van der Waals surface area contributed by atoms with Gasteiger partial charge in [0.15, 0.2) is 5.79 Å². The fraction of sp³-hybridized carbons (Fsp3) is 0.846. The fourth-order valence-corrected chi connectivity index (χ4v) is 2.87. The lowest BCUT2D eigenvalue weighted by Gasteiger charge is -2.38. The molecule has 0 aromatic heterocycles. The summed E-state index contributed by atoms with van der Waals surface area (Å²) < 4.78 is 11.3. The van der Waals surface area contributed by atoms with E-state index in [1.54, 1.807) is 0 Å². The van der Waals surface area contributed by atoms with Crippen molar-refractivity contribution in [2.45, 2.75) is 56.7 Å². The minimum Gasteiger partial charge on any atom is -0.378 e. The highest BCUT2D eigenvalue weighted by atomic mass is 28.3. The molecular weight excluding hydrogens is 232 g/mol. The van der Waals surface area contributed by atoms with Crippen molar-refractivity contribution >= 4 is 8.07 Å². The molecule has 2 fully saturated rings. The average molecular weight is 254 g/mol. The van der Waals surface area contributed by atoms with E-state index in [-0.39, 0.29) is 0 Å². The first-order chi connectivity index (χ1) is 7.83. The molecular formula is C13H22O3Si. The molecule has 96 valence electrons. The van der Waals surface area contributed by atoms with Crippen molar-refractivity contribution in [3.8, 4) is 11.5 Å². The van der Waals surface area contributed by atoms with Crippen LogP contribution in [0.1, 0.15) is 25.7 Å². The molecule has 0 aromatic carbocycles. The van der Waals surface area contributed by atoms with E-state index in [2.05, 4.69) is 31.1 Å². The number of hydrogen-bond acceptors (Lipinski definition) is 3. The third kappa shape index (κ3) is 3.32. The largest absolute Gasteiger partial charge is 0.378 e. The summed E-state index contributed by atoms with van der Waals surface area (Å²) >= 11 is 0. The molecule has 17 heavy (non-hydrogen) atoms. The summed E-state index contributed by atoms with van der Waals surface area (Å²) in [7, 11) is -1.41. The van der Waals surface area contributed by atoms with Crippen LogP contribution in [0, 0.1) is 11.5 Å². The Labute approximate surface area is 105 Å². The molecule has 1 N–H and O–H groups in total. The second-order valence-corrected chi connectivity index (χ2v) is 10.9. The summed E-state index contributed by atoms with van der Waals surface area (Å²) in [6, 6.07) is 0. The monoisotopic (exact) mass is 254 g/mol. The van der Waals surface area contributed by atoms with Crippen LogP contribution in [0.5, 0.6) is 0 Å². The summed E-state index contributed by atoms with van der Waals surface area (Å²) in [4.78, 5) is 0. The number of ether oxygens (including phenoxy) is 2. The molecule has 1 aliphatic heterocycles. The normalized spacial score (nSPS) is 26.6. The molecule has 1 spiro atoms. The molecule has 1 heterocycles. The van der Waals surface area contributed by atoms with Crippen molar-refractivity contribution in [2.75, 3.05) is 13.2 Å². The molecule has 0 amide bonds. The van der Waals surface area contributed by atoms with E-state index in [1.807, 2.05) is 0 Å². The van der Waals surface area contributed by atoms with Gasteiger partial charge in [0, 0.05) is 12.8 Å². The van der Waals surface area contributed by atoms with Crippen LogP contribution < -0.4 is 0 Å². The zero-order valence-electron chi connectivity index (χ0n) is 11.0. The summed E-state index contributed by atoms with van der Waals surface area (Å²) in [5, 5.41) is 10.4. The standard InChI is InChI=1S/C13H22O3Si/c1-17(2,3)11-8-12(14)4-6-13(7-5-12)15-9-10-16-13/h14H,4-7,9-10H2,1-3H3. The first-order valence-electron chi connectivity index (χ1n) is 6.37. The average Bonchev–Trinajstić information content (AvgIpc) is 2.69. The van der Waals surface area contributed by atoms with Gasteiger partial charge in [-0.05, 0) is 12.8 Å². The quantitative estimate of drug-likeness (QED) is 0.530. The second kappa shape index (κ2) is 4.40. The van der Waals surface area contributed by atoms with E-state index in [0.29, 0.717) is 26.1 Å². The van der Waals surface area contributed by atoms with Crippen LogP contribution in [-0.4, -0.2) is 37.8 Å². The van der Waals surface area contributed by atoms with E-state index < -0.39 is 19.5 Å². The van der Waals surface area contributed by atoms with Gasteiger partial charge >= 0.3 is 0 Å². The van der Waals surface area contributed by atoms with E-state index >= 15 is 0 Å². The summed E-state index contributed by atoms with van der Waals surface area (Å²) in [5.41, 5.74) is 2.45. The van der Waals surface area contributed by atoms with Crippen LogP contribution >= 0.6 is 0 Å². The Bertz CT molecular complexity index is 332. The van der Waals surface area contributed by atoms with E-state index in [4.69, 9.17) is 9.47 Å². The Morgan fingerprint density at radius 3 is 2.00 bits per heavy atom. The van der Waals surface area contributed by atoms with Gasteiger partial charge in [0.25, 0.3) is 0 Å². The van der Waals surface area contributed by atoms with Crippen molar-refractivity contribution < 1.29 is 14.6 Å². The molecule has 0 radical (unpaired) electrons. The lowest BCUT2D eigenvalue weighted by Crippen LogP contribution is -2.43. The third-order valence-corrected chi connectivity index (χ3v) is 4.20. The molecule has 2 rings (SSSR count). The lowest BCUT2D eigenvalue weighted by atomic mass is 9.82. The maximum absolute atomic E-state index is 10.4. The molecule has 0 bridgehead atoms. The summed E-state index contributed by atoms with van der Waals surface area (Å²) in [5.74, 6) is 2.69. The Hall–Kier alpha value is -0.343. The molecule has 0 aromatic rings. The predicted molar refractivity (Wildman–Crippen MR) is 69.2 cm³/mol. The van der Waals surface area contributed by atoms with Crippen molar-refractivity contribution in [1.82, 2.24) is 0 Å². The van der Waals surface area contributed by atoms with Crippen LogP contribution in [0.15, 0.2) is 0 Å². The molecule has 2 aliphatic rings. The molecule has 0 atom stereocenters. The molecule has 1 saturated heterocycles. The molecule has 4 heteroatoms. The number of hydrogen-bond donors (Lipinski definition) is 1. The van der Waals surface area contributed by atoms with Crippen LogP contribution in [0.4, 0.5) is 0 Å². The first kappa shape index (κ1) is 13.1. The molecule has 3 nitrogen and oxygen atoms in total. The minimum absolute atomic E-state index is 0.410. The summed E-state index contributed by atoms with van der Waals surface area (Å²) in [6.45, 7) is 7.93. The topological polar surface area (TPSA) is 38.7 Å². The van der Waals surface area contributed by atoms with Gasteiger partial charge in [-0.2, -0.15) is 0 Å². The molecule has 0 unspecified atom stereocenters. The van der Waals surface area contributed by atoms with Gasteiger partial charge in [0.1, 0.15) is 13.7 Å². The van der Waals surface area contributed by atoms with Crippen molar-refractivity contribution in [3.63, 3.8) is 0 Å². The smallest absolute Gasteiger partial charge is 0.168 e. The van der Waals surface area contributed by atoms with E-state index in [9.17, 15) is 5.11 Å². The zero-order valence-corrected chi connectivity index (χ0v) is 12.0. The Morgan fingerprint density at radius 2 is 1.53 bits per heavy atom. The van der Waals surface area contributed by atoms with Gasteiger partial charge in [-0.1, -0.05) is 25.6 Å². The Kier molecular flexibility index (Phi) is 3.39. The highest BCUT2D eigenvalue weighted by Gasteiger charge is 2.44. The highest BCUT2D eigenvalue weighted by Crippen LogP contribution is 2.39. The maximum atomic E-state index is 10.4. The molecule has 1 aliphatic carbocycles. The van der Waals surface area contributed by atoms with E-state index in [1.165, 1.54) is 0 Å². The minimum atomic E-state index is -1.41. The van der Waals surface area contributed by atoms with Gasteiger partial charge in [-0.25, -0.2) is 0 Å². The SMILES string of the molecule is C[Si](C)(C)C#CC1(O)CCC2(CC1)OCCO2. The van der Waals surface area contributed by atoms with Gasteiger partial charge in [-0.3, -0.25) is 0 Å². The van der Waals surface area contributed by atoms with Crippen molar-refractivity contribution in [2.24, 2.45) is 0 Å². The predicted octanol–water partition coefficient (Wildman–Crippen LogP) is 1.92. The van der Waals surface area contributed by atoms with Gasteiger partial charge in [-0.15, -0.1) is 5.54 Å². The van der Waals surface area contributed by atoms with Crippen molar-refractivity contribution in [1.29, 1.82) is 0 Å². The number of aliphatic hydroxyl groups is 1. The first-order valence-corrected chi connectivity index (χ1v) is 9.87. The van der Waals surface area contributed by atoms with Gasteiger partial charge < -0.3 is 14.6 Å². The number of rotatable bonds is 0. The fourth-order valence-electron chi connectivity index (χ4n) is 2.26. The van der Waals surface area contributed by atoms with Crippen molar-refractivity contribution in [3.05, 3.63) is 0 Å². The lowest BCUT2D eigenvalue weighted by molar-refractivity contribution is -0.195. The van der Waals surface area contributed by atoms with Crippen LogP contribution in [0.25, 0.3) is 0 Å². The Balaban J connectivity index is 1.99. The maximum Gasteiger partial charge on any atom is 0.168 e.